The summed E-state index contributed by atoms with van der Waals surface area (Å²) in [5.41, 5.74) is -1.63. The van der Waals surface area contributed by atoms with Crippen LogP contribution in [0.25, 0.3) is 0 Å². The molecule has 9 nitrogen and oxygen atoms in total. The Labute approximate surface area is 209 Å². The Hall–Kier alpha value is -2.20. The van der Waals surface area contributed by atoms with Gasteiger partial charge in [-0.25, -0.2) is 9.59 Å². The van der Waals surface area contributed by atoms with E-state index in [4.69, 9.17) is 28.4 Å². The first kappa shape index (κ1) is 23.0. The van der Waals surface area contributed by atoms with Gasteiger partial charge in [0.05, 0.1) is 30.8 Å². The molecular weight excluding hydrogens is 468 g/mol. The Kier molecular flexibility index (Phi) is 4.74. The van der Waals surface area contributed by atoms with Crippen molar-refractivity contribution in [3.63, 3.8) is 0 Å². The molecule has 0 amide bonds. The summed E-state index contributed by atoms with van der Waals surface area (Å²) in [5, 5.41) is 10.9. The van der Waals surface area contributed by atoms with E-state index in [0.717, 1.165) is 6.42 Å². The number of esters is 2. The molecule has 9 atom stereocenters. The number of hydrogen-bond donors (Lipinski definition) is 1. The van der Waals surface area contributed by atoms with Crippen molar-refractivity contribution in [1.29, 1.82) is 0 Å². The second-order valence-corrected chi connectivity index (χ2v) is 11.6. The van der Waals surface area contributed by atoms with Crippen LogP contribution in [0.3, 0.4) is 0 Å². The van der Waals surface area contributed by atoms with Gasteiger partial charge >= 0.3 is 11.9 Å². The fourth-order valence-electron chi connectivity index (χ4n) is 7.72. The summed E-state index contributed by atoms with van der Waals surface area (Å²) in [4.78, 5) is 26.2. The average Bonchev–Trinajstić information content (AvgIpc) is 3.76. The van der Waals surface area contributed by atoms with Crippen LogP contribution in [0.2, 0.25) is 0 Å². The Morgan fingerprint density at radius 3 is 2.75 bits per heavy atom. The van der Waals surface area contributed by atoms with Crippen LogP contribution < -0.4 is 0 Å². The molecule has 1 saturated carbocycles. The lowest BCUT2D eigenvalue weighted by molar-refractivity contribution is -0.233. The lowest BCUT2D eigenvalue weighted by Crippen LogP contribution is -2.66. The molecule has 4 bridgehead atoms. The molecule has 7 aliphatic rings. The number of carbonyl (C=O) groups is 2. The fourth-order valence-corrected chi connectivity index (χ4v) is 7.72. The number of ether oxygens (including phenoxy) is 6. The van der Waals surface area contributed by atoms with E-state index >= 15 is 0 Å². The zero-order valence-electron chi connectivity index (χ0n) is 20.6. The third kappa shape index (κ3) is 2.80. The quantitative estimate of drug-likeness (QED) is 0.302. The molecule has 3 unspecified atom stereocenters. The maximum Gasteiger partial charge on any atom is 0.338 e. The summed E-state index contributed by atoms with van der Waals surface area (Å²) < 4.78 is 36.3. The minimum absolute atomic E-state index is 0.0870. The maximum absolute atomic E-state index is 13.3. The Balaban J connectivity index is 1.30. The van der Waals surface area contributed by atoms with E-state index in [0.29, 0.717) is 44.7 Å². The van der Waals surface area contributed by atoms with Crippen molar-refractivity contribution in [2.45, 2.75) is 87.7 Å². The number of epoxide rings is 2. The van der Waals surface area contributed by atoms with Gasteiger partial charge in [0.25, 0.3) is 0 Å². The predicted molar refractivity (Wildman–Crippen MR) is 122 cm³/mol. The summed E-state index contributed by atoms with van der Waals surface area (Å²) >= 11 is 0. The molecule has 0 aromatic heterocycles. The molecule has 4 saturated heterocycles. The summed E-state index contributed by atoms with van der Waals surface area (Å²) in [6.45, 7) is 5.14. The van der Waals surface area contributed by atoms with Crippen LogP contribution in [0.5, 0.6) is 0 Å². The van der Waals surface area contributed by atoms with Gasteiger partial charge in [-0.15, -0.1) is 0 Å². The van der Waals surface area contributed by atoms with E-state index in [1.54, 1.807) is 12.2 Å². The van der Waals surface area contributed by atoms with E-state index in [-0.39, 0.29) is 18.8 Å². The zero-order valence-corrected chi connectivity index (χ0v) is 20.6. The number of aliphatic hydroxyl groups is 1. The number of aliphatic hydroxyl groups excluding tert-OH is 1. The molecule has 9 heteroatoms. The monoisotopic (exact) mass is 500 g/mol. The number of carbonyl (C=O) groups excluding carboxylic acids is 2. The highest BCUT2D eigenvalue weighted by molar-refractivity contribution is 5.82. The summed E-state index contributed by atoms with van der Waals surface area (Å²) in [7, 11) is 0. The van der Waals surface area contributed by atoms with Crippen LogP contribution in [-0.4, -0.2) is 78.6 Å². The number of rotatable bonds is 0. The smallest absolute Gasteiger partial charge is 0.338 e. The number of hydrogen-bond acceptors (Lipinski definition) is 9. The van der Waals surface area contributed by atoms with E-state index < -0.39 is 52.3 Å². The van der Waals surface area contributed by atoms with Gasteiger partial charge in [-0.3, -0.25) is 0 Å². The minimum Gasteiger partial charge on any atom is -0.495 e. The van der Waals surface area contributed by atoms with Crippen LogP contribution in [0.1, 0.15) is 46.0 Å². The lowest BCUT2D eigenvalue weighted by atomic mass is 9.51. The first-order valence-corrected chi connectivity index (χ1v) is 13.0. The van der Waals surface area contributed by atoms with E-state index in [1.807, 2.05) is 0 Å². The van der Waals surface area contributed by atoms with E-state index in [1.165, 1.54) is 11.6 Å². The second kappa shape index (κ2) is 7.43. The van der Waals surface area contributed by atoms with Gasteiger partial charge in [0.1, 0.15) is 35.8 Å². The fraction of sp³-hybridized carbons (Fsp3) is 0.704. The largest absolute Gasteiger partial charge is 0.495 e. The molecule has 5 aliphatic heterocycles. The van der Waals surface area contributed by atoms with Crippen LogP contribution >= 0.6 is 0 Å². The standard InChI is InChI=1S/C27H32O9/c1-15-7-8-25-13-32-23(30)22-26(36-22)9-10-31-16(21(26)29)5-3-4-6-20(28)35-17-12-19(34-18(25)11-15)27(14-33-27)24(17,25)2/h4-6,11,17-19,21-22,29H,3,7-10,12-14H2,1-2H3/b6-4-,16-5-/t17-,18-,19+,21?,22-,24?,25?,26-,27+/m1/s1. The van der Waals surface area contributed by atoms with Crippen LogP contribution in [0, 0.1) is 10.8 Å². The number of allylic oxidation sites excluding steroid dienone is 3. The predicted octanol–water partition coefficient (Wildman–Crippen LogP) is 1.88. The third-order valence-corrected chi connectivity index (χ3v) is 10.1. The Bertz CT molecular complexity index is 1100. The maximum atomic E-state index is 13.3. The molecule has 0 aromatic rings. The highest BCUT2D eigenvalue weighted by atomic mass is 16.7. The summed E-state index contributed by atoms with van der Waals surface area (Å²) in [6, 6.07) is 0. The Morgan fingerprint density at radius 1 is 1.11 bits per heavy atom. The van der Waals surface area contributed by atoms with Crippen molar-refractivity contribution in [3.8, 4) is 0 Å². The zero-order chi connectivity index (χ0) is 24.9. The molecule has 0 radical (unpaired) electrons. The van der Waals surface area contributed by atoms with Crippen molar-refractivity contribution < 1.29 is 43.1 Å². The van der Waals surface area contributed by atoms with Gasteiger partial charge in [0.2, 0.25) is 0 Å². The van der Waals surface area contributed by atoms with Crippen molar-refractivity contribution in [2.24, 2.45) is 10.8 Å². The molecule has 1 N–H and O–H groups in total. The van der Waals surface area contributed by atoms with E-state index in [9.17, 15) is 14.7 Å². The Morgan fingerprint density at radius 2 is 1.94 bits per heavy atom. The SMILES string of the molecule is CC1=C[C@H]2O[C@H]3C[C@H]4OC(=O)/C=C\C/C=C5\OCC[C@@]6(O[C@@H]6C(=O)OCC2(CC1)C4(C)[C@]31CO1)C5O. The first-order chi connectivity index (χ1) is 17.3. The van der Waals surface area contributed by atoms with Gasteiger partial charge < -0.3 is 33.5 Å². The summed E-state index contributed by atoms with van der Waals surface area (Å²) in [5.74, 6) is -0.588. The van der Waals surface area contributed by atoms with Gasteiger partial charge in [-0.2, -0.15) is 0 Å². The molecular formula is C27H32O9. The molecule has 5 heterocycles. The topological polar surface area (TPSA) is 116 Å². The van der Waals surface area contributed by atoms with Crippen molar-refractivity contribution in [3.05, 3.63) is 35.6 Å². The number of fused-ring (bicyclic) bond motifs is 1. The normalized spacial score (nSPS) is 53.5. The van der Waals surface area contributed by atoms with Crippen LogP contribution in [0.15, 0.2) is 35.6 Å². The average molecular weight is 501 g/mol. The highest BCUT2D eigenvalue weighted by Gasteiger charge is 2.83. The van der Waals surface area contributed by atoms with Gasteiger partial charge in [-0.05, 0) is 32.3 Å². The molecule has 5 fully saturated rings. The number of cyclic esters (lactones) is 1. The van der Waals surface area contributed by atoms with Crippen molar-refractivity contribution in [2.75, 3.05) is 19.8 Å². The summed E-state index contributed by atoms with van der Waals surface area (Å²) in [6.07, 6.45) is 6.90. The molecule has 0 aromatic carbocycles. The van der Waals surface area contributed by atoms with Crippen LogP contribution in [0.4, 0.5) is 0 Å². The molecule has 2 aliphatic carbocycles. The van der Waals surface area contributed by atoms with Crippen molar-refractivity contribution >= 4 is 11.9 Å². The minimum atomic E-state index is -1.08. The van der Waals surface area contributed by atoms with E-state index in [2.05, 4.69) is 19.9 Å². The van der Waals surface area contributed by atoms with Gasteiger partial charge in [0.15, 0.2) is 6.10 Å². The van der Waals surface area contributed by atoms with Gasteiger partial charge in [0, 0.05) is 24.3 Å². The molecule has 36 heavy (non-hydrogen) atoms. The molecule has 3 spiro atoms. The molecule has 194 valence electrons. The highest BCUT2D eigenvalue weighted by Crippen LogP contribution is 2.72. The van der Waals surface area contributed by atoms with Crippen molar-refractivity contribution in [1.82, 2.24) is 0 Å². The first-order valence-electron chi connectivity index (χ1n) is 13.0. The lowest BCUT2D eigenvalue weighted by Gasteiger charge is -2.58. The second-order valence-electron chi connectivity index (χ2n) is 11.6. The molecule has 7 rings (SSSR count). The van der Waals surface area contributed by atoms with Gasteiger partial charge in [-0.1, -0.05) is 24.6 Å². The van der Waals surface area contributed by atoms with Crippen LogP contribution in [-0.2, 0) is 38.0 Å². The third-order valence-electron chi connectivity index (χ3n) is 10.1.